The fraction of sp³-hybridized carbons (Fsp3) is 0.692. The molecule has 0 aromatic carbocycles. The number of hydrogen-bond acceptors (Lipinski definition) is 3. The Morgan fingerprint density at radius 3 is 2.56 bits per heavy atom. The molecule has 16 heavy (non-hydrogen) atoms. The van der Waals surface area contributed by atoms with Crippen molar-refractivity contribution in [2.75, 3.05) is 5.73 Å². The Morgan fingerprint density at radius 1 is 1.25 bits per heavy atom. The fourth-order valence-corrected chi connectivity index (χ4v) is 2.54. The molecule has 1 aromatic heterocycles. The Hall–Kier alpha value is -1.12. The number of rotatable bonds is 2. The van der Waals surface area contributed by atoms with Gasteiger partial charge in [-0.05, 0) is 39.0 Å². The molecule has 1 fully saturated rings. The Morgan fingerprint density at radius 2 is 2.00 bits per heavy atom. The molecule has 0 radical (unpaired) electrons. The second kappa shape index (κ2) is 4.40. The lowest BCUT2D eigenvalue weighted by Gasteiger charge is -2.12. The van der Waals surface area contributed by atoms with Crippen LogP contribution in [0.1, 0.15) is 55.6 Å². The van der Waals surface area contributed by atoms with Crippen molar-refractivity contribution in [3.05, 3.63) is 17.1 Å². The maximum absolute atomic E-state index is 5.91. The van der Waals surface area contributed by atoms with Gasteiger partial charge < -0.3 is 5.73 Å². The molecule has 0 spiro atoms. The molecule has 1 saturated carbocycles. The number of nitrogen functional groups attached to an aromatic ring is 1. The molecule has 88 valence electrons. The van der Waals surface area contributed by atoms with Crippen LogP contribution in [0.25, 0.3) is 0 Å². The second-order valence-corrected chi connectivity index (χ2v) is 4.96. The van der Waals surface area contributed by atoms with Crippen LogP contribution in [-0.2, 0) is 0 Å². The lowest BCUT2D eigenvalue weighted by Crippen LogP contribution is -2.08. The highest BCUT2D eigenvalue weighted by molar-refractivity contribution is 5.40. The zero-order valence-electron chi connectivity index (χ0n) is 10.5. The third-order valence-electron chi connectivity index (χ3n) is 3.93. The standard InChI is InChI=1S/C13H21N3/c1-4-10-5-6-11(7-10)13-15-9(3)8(2)12(14)16-13/h10-11H,4-7H2,1-3H3,(H2,14,15,16). The summed E-state index contributed by atoms with van der Waals surface area (Å²) < 4.78 is 0. The molecule has 0 aliphatic heterocycles. The summed E-state index contributed by atoms with van der Waals surface area (Å²) in [5.41, 5.74) is 7.96. The number of aromatic nitrogens is 2. The average Bonchev–Trinajstić information content (AvgIpc) is 2.73. The summed E-state index contributed by atoms with van der Waals surface area (Å²) in [5, 5.41) is 0. The van der Waals surface area contributed by atoms with Crippen molar-refractivity contribution in [1.29, 1.82) is 0 Å². The molecule has 2 N–H and O–H groups in total. The molecule has 3 heteroatoms. The van der Waals surface area contributed by atoms with E-state index in [-0.39, 0.29) is 0 Å². The van der Waals surface area contributed by atoms with Crippen molar-refractivity contribution >= 4 is 5.82 Å². The molecule has 0 bridgehead atoms. The van der Waals surface area contributed by atoms with Crippen LogP contribution in [0.5, 0.6) is 0 Å². The van der Waals surface area contributed by atoms with Gasteiger partial charge in [0.05, 0.1) is 0 Å². The van der Waals surface area contributed by atoms with Crippen LogP contribution in [-0.4, -0.2) is 9.97 Å². The van der Waals surface area contributed by atoms with Crippen LogP contribution in [0.3, 0.4) is 0 Å². The smallest absolute Gasteiger partial charge is 0.134 e. The highest BCUT2D eigenvalue weighted by atomic mass is 15.0. The van der Waals surface area contributed by atoms with E-state index in [1.165, 1.54) is 25.7 Å². The van der Waals surface area contributed by atoms with Crippen molar-refractivity contribution in [1.82, 2.24) is 9.97 Å². The molecule has 0 saturated heterocycles. The van der Waals surface area contributed by atoms with Gasteiger partial charge in [0.2, 0.25) is 0 Å². The first-order chi connectivity index (χ1) is 7.61. The zero-order chi connectivity index (χ0) is 11.7. The molecule has 3 nitrogen and oxygen atoms in total. The summed E-state index contributed by atoms with van der Waals surface area (Å²) in [6, 6.07) is 0. The van der Waals surface area contributed by atoms with Crippen LogP contribution in [0, 0.1) is 19.8 Å². The number of anilines is 1. The zero-order valence-corrected chi connectivity index (χ0v) is 10.5. The van der Waals surface area contributed by atoms with E-state index in [4.69, 9.17) is 5.73 Å². The van der Waals surface area contributed by atoms with E-state index in [9.17, 15) is 0 Å². The van der Waals surface area contributed by atoms with Gasteiger partial charge in [-0.3, -0.25) is 0 Å². The first-order valence-corrected chi connectivity index (χ1v) is 6.22. The van der Waals surface area contributed by atoms with E-state index in [2.05, 4.69) is 16.9 Å². The van der Waals surface area contributed by atoms with E-state index in [0.29, 0.717) is 11.7 Å². The van der Waals surface area contributed by atoms with Gasteiger partial charge in [-0.2, -0.15) is 0 Å². The first-order valence-electron chi connectivity index (χ1n) is 6.22. The highest BCUT2D eigenvalue weighted by Gasteiger charge is 2.27. The van der Waals surface area contributed by atoms with E-state index >= 15 is 0 Å². The van der Waals surface area contributed by atoms with E-state index < -0.39 is 0 Å². The predicted octanol–water partition coefficient (Wildman–Crippen LogP) is 2.97. The van der Waals surface area contributed by atoms with Gasteiger partial charge in [-0.15, -0.1) is 0 Å². The Kier molecular flexibility index (Phi) is 3.13. The normalized spacial score (nSPS) is 24.9. The third kappa shape index (κ3) is 2.04. The second-order valence-electron chi connectivity index (χ2n) is 4.96. The van der Waals surface area contributed by atoms with Crippen molar-refractivity contribution in [3.8, 4) is 0 Å². The van der Waals surface area contributed by atoms with Crippen LogP contribution in [0.15, 0.2) is 0 Å². The summed E-state index contributed by atoms with van der Waals surface area (Å²) in [6.45, 7) is 6.27. The minimum atomic E-state index is 0.534. The Balaban J connectivity index is 2.22. The lowest BCUT2D eigenvalue weighted by molar-refractivity contribution is 0.516. The van der Waals surface area contributed by atoms with Crippen molar-refractivity contribution < 1.29 is 0 Å². The molecule has 1 aliphatic carbocycles. The molecule has 1 aliphatic rings. The Labute approximate surface area is 97.5 Å². The third-order valence-corrected chi connectivity index (χ3v) is 3.93. The molecule has 1 heterocycles. The van der Waals surface area contributed by atoms with E-state index in [0.717, 1.165) is 23.0 Å². The minimum absolute atomic E-state index is 0.534. The summed E-state index contributed by atoms with van der Waals surface area (Å²) >= 11 is 0. The maximum atomic E-state index is 5.91. The number of nitrogens with two attached hydrogens (primary N) is 1. The number of hydrogen-bond donors (Lipinski definition) is 1. The molecular weight excluding hydrogens is 198 g/mol. The van der Waals surface area contributed by atoms with Crippen molar-refractivity contribution in [2.24, 2.45) is 5.92 Å². The lowest BCUT2D eigenvalue weighted by atomic mass is 10.0. The molecular formula is C13H21N3. The monoisotopic (exact) mass is 219 g/mol. The maximum Gasteiger partial charge on any atom is 0.134 e. The summed E-state index contributed by atoms with van der Waals surface area (Å²) in [5.74, 6) is 3.02. The minimum Gasteiger partial charge on any atom is -0.383 e. The topological polar surface area (TPSA) is 51.8 Å². The van der Waals surface area contributed by atoms with Crippen molar-refractivity contribution in [2.45, 2.75) is 52.4 Å². The summed E-state index contributed by atoms with van der Waals surface area (Å²) in [7, 11) is 0. The van der Waals surface area contributed by atoms with Gasteiger partial charge in [0, 0.05) is 17.2 Å². The van der Waals surface area contributed by atoms with Crippen LogP contribution in [0.4, 0.5) is 5.82 Å². The van der Waals surface area contributed by atoms with E-state index in [1.54, 1.807) is 0 Å². The molecule has 1 aromatic rings. The number of nitrogens with zero attached hydrogens (tertiary/aromatic N) is 2. The van der Waals surface area contributed by atoms with Gasteiger partial charge >= 0.3 is 0 Å². The first kappa shape index (κ1) is 11.4. The summed E-state index contributed by atoms with van der Waals surface area (Å²) in [4.78, 5) is 9.04. The van der Waals surface area contributed by atoms with Gasteiger partial charge in [0.15, 0.2) is 0 Å². The Bertz CT molecular complexity index is 364. The molecule has 0 amide bonds. The largest absolute Gasteiger partial charge is 0.383 e. The highest BCUT2D eigenvalue weighted by Crippen LogP contribution is 2.38. The van der Waals surface area contributed by atoms with Crippen LogP contribution < -0.4 is 5.73 Å². The average molecular weight is 219 g/mol. The van der Waals surface area contributed by atoms with Gasteiger partial charge in [0.1, 0.15) is 11.6 Å². The molecule has 2 atom stereocenters. The predicted molar refractivity (Wildman–Crippen MR) is 66.3 cm³/mol. The SMILES string of the molecule is CCC1CCC(c2nc(C)c(C)c(N)n2)C1. The summed E-state index contributed by atoms with van der Waals surface area (Å²) in [6.07, 6.45) is 5.05. The molecule has 2 rings (SSSR count). The fourth-order valence-electron chi connectivity index (χ4n) is 2.54. The van der Waals surface area contributed by atoms with Gasteiger partial charge in [0.25, 0.3) is 0 Å². The van der Waals surface area contributed by atoms with Crippen LogP contribution in [0.2, 0.25) is 0 Å². The van der Waals surface area contributed by atoms with Crippen LogP contribution >= 0.6 is 0 Å². The van der Waals surface area contributed by atoms with Gasteiger partial charge in [-0.25, -0.2) is 9.97 Å². The van der Waals surface area contributed by atoms with Gasteiger partial charge in [-0.1, -0.05) is 13.3 Å². The number of aryl methyl sites for hydroxylation is 1. The van der Waals surface area contributed by atoms with E-state index in [1.807, 2.05) is 13.8 Å². The quantitative estimate of drug-likeness (QED) is 0.832. The molecule has 2 unspecified atom stereocenters. The van der Waals surface area contributed by atoms with Crippen molar-refractivity contribution in [3.63, 3.8) is 0 Å².